The molecule has 2 N–H and O–H groups in total. The Balaban J connectivity index is 2.28. The second kappa shape index (κ2) is 6.56. The van der Waals surface area contributed by atoms with Gasteiger partial charge in [0.15, 0.2) is 0 Å². The number of amides is 1. The summed E-state index contributed by atoms with van der Waals surface area (Å²) in [5.74, 6) is 0.337. The number of methoxy groups -OCH3 is 1. The van der Waals surface area contributed by atoms with Crippen LogP contribution in [0.5, 0.6) is 5.75 Å². The van der Waals surface area contributed by atoms with Gasteiger partial charge in [-0.15, -0.1) is 0 Å². The fourth-order valence-electron chi connectivity index (χ4n) is 2.13. The number of carbonyl (C=O) groups excluding carboxylic acids is 1. The van der Waals surface area contributed by atoms with E-state index in [4.69, 9.17) is 14.3 Å². The Morgan fingerprint density at radius 2 is 1.96 bits per heavy atom. The first kappa shape index (κ1) is 16.6. The van der Waals surface area contributed by atoms with Gasteiger partial charge in [-0.1, -0.05) is 13.8 Å². The molecule has 6 nitrogen and oxygen atoms in total. The number of rotatable bonds is 5. The standard InChI is InChI=1S/C17H19NO5/c1-9(2)14-8-12(10(3)23-14)16(19)18-13-6-5-11(17(20)21)7-15(13)22-4/h5-9H,1-4H3,(H,18,19)(H,20,21). The van der Waals surface area contributed by atoms with E-state index in [2.05, 4.69) is 5.32 Å². The van der Waals surface area contributed by atoms with Crippen LogP contribution in [-0.4, -0.2) is 24.1 Å². The lowest BCUT2D eigenvalue weighted by Crippen LogP contribution is -2.13. The summed E-state index contributed by atoms with van der Waals surface area (Å²) in [6.45, 7) is 5.69. The maximum Gasteiger partial charge on any atom is 0.335 e. The molecule has 0 atom stereocenters. The van der Waals surface area contributed by atoms with Gasteiger partial charge in [0, 0.05) is 5.92 Å². The Hall–Kier alpha value is -2.76. The van der Waals surface area contributed by atoms with Crippen molar-refractivity contribution in [1.29, 1.82) is 0 Å². The third-order valence-electron chi connectivity index (χ3n) is 3.45. The molecular weight excluding hydrogens is 298 g/mol. The summed E-state index contributed by atoms with van der Waals surface area (Å²) in [5.41, 5.74) is 0.925. The molecule has 0 radical (unpaired) electrons. The lowest BCUT2D eigenvalue weighted by molar-refractivity contribution is 0.0696. The zero-order valence-corrected chi connectivity index (χ0v) is 13.5. The number of aromatic carboxylic acids is 1. The van der Waals surface area contributed by atoms with Crippen LogP contribution in [0.3, 0.4) is 0 Å². The zero-order valence-electron chi connectivity index (χ0n) is 13.5. The first-order valence-electron chi connectivity index (χ1n) is 7.16. The van der Waals surface area contributed by atoms with Crippen molar-refractivity contribution in [2.24, 2.45) is 0 Å². The number of nitrogens with one attached hydrogen (secondary N) is 1. The fourth-order valence-corrected chi connectivity index (χ4v) is 2.13. The maximum absolute atomic E-state index is 12.4. The number of carbonyl (C=O) groups is 2. The van der Waals surface area contributed by atoms with E-state index in [0.717, 1.165) is 5.76 Å². The van der Waals surface area contributed by atoms with Crippen molar-refractivity contribution in [1.82, 2.24) is 0 Å². The van der Waals surface area contributed by atoms with Crippen LogP contribution >= 0.6 is 0 Å². The van der Waals surface area contributed by atoms with Crippen molar-refractivity contribution < 1.29 is 23.8 Å². The van der Waals surface area contributed by atoms with Crippen LogP contribution in [0, 0.1) is 6.92 Å². The highest BCUT2D eigenvalue weighted by Crippen LogP contribution is 2.28. The van der Waals surface area contributed by atoms with E-state index in [-0.39, 0.29) is 23.1 Å². The van der Waals surface area contributed by atoms with Gasteiger partial charge in [0.1, 0.15) is 17.3 Å². The Bertz CT molecular complexity index is 745. The molecule has 1 aromatic carbocycles. The number of aryl methyl sites for hydroxylation is 1. The molecule has 6 heteroatoms. The van der Waals surface area contributed by atoms with Crippen molar-refractivity contribution >= 4 is 17.6 Å². The molecule has 1 aromatic heterocycles. The molecule has 0 bridgehead atoms. The van der Waals surface area contributed by atoms with Crippen molar-refractivity contribution in [3.05, 3.63) is 46.9 Å². The Morgan fingerprint density at radius 3 is 2.48 bits per heavy atom. The van der Waals surface area contributed by atoms with Crippen LogP contribution < -0.4 is 10.1 Å². The summed E-state index contributed by atoms with van der Waals surface area (Å²) in [4.78, 5) is 23.4. The number of hydrogen-bond donors (Lipinski definition) is 2. The normalized spacial score (nSPS) is 10.7. The van der Waals surface area contributed by atoms with Crippen molar-refractivity contribution in [2.75, 3.05) is 12.4 Å². The molecule has 0 unspecified atom stereocenters. The third kappa shape index (κ3) is 3.53. The number of carboxylic acids is 1. The summed E-state index contributed by atoms with van der Waals surface area (Å²) in [6.07, 6.45) is 0. The van der Waals surface area contributed by atoms with Crippen LogP contribution in [0.25, 0.3) is 0 Å². The molecule has 0 aliphatic rings. The summed E-state index contributed by atoms with van der Waals surface area (Å²) >= 11 is 0. The molecule has 1 heterocycles. The van der Waals surface area contributed by atoms with Gasteiger partial charge >= 0.3 is 5.97 Å². The van der Waals surface area contributed by atoms with Gasteiger partial charge in [-0.3, -0.25) is 4.79 Å². The lowest BCUT2D eigenvalue weighted by atomic mass is 10.1. The number of anilines is 1. The van der Waals surface area contributed by atoms with Crippen molar-refractivity contribution in [3.8, 4) is 5.75 Å². The quantitative estimate of drug-likeness (QED) is 0.878. The lowest BCUT2D eigenvalue weighted by Gasteiger charge is -2.10. The summed E-state index contributed by atoms with van der Waals surface area (Å²) in [7, 11) is 1.41. The molecule has 1 amide bonds. The van der Waals surface area contributed by atoms with Gasteiger partial charge in [-0.2, -0.15) is 0 Å². The highest BCUT2D eigenvalue weighted by molar-refractivity contribution is 6.06. The molecule has 2 aromatic rings. The van der Waals surface area contributed by atoms with E-state index in [0.29, 0.717) is 17.0 Å². The summed E-state index contributed by atoms with van der Waals surface area (Å²) in [5, 5.41) is 11.7. The molecule has 23 heavy (non-hydrogen) atoms. The molecule has 0 spiro atoms. The highest BCUT2D eigenvalue weighted by Gasteiger charge is 2.18. The number of carboxylic acid groups (broad SMARTS) is 1. The molecule has 0 fully saturated rings. The average molecular weight is 317 g/mol. The van der Waals surface area contributed by atoms with Gasteiger partial charge in [0.25, 0.3) is 5.91 Å². The van der Waals surface area contributed by atoms with E-state index in [1.807, 2.05) is 13.8 Å². The minimum absolute atomic E-state index is 0.0847. The molecular formula is C17H19NO5. The van der Waals surface area contributed by atoms with E-state index < -0.39 is 5.97 Å². The van der Waals surface area contributed by atoms with Crippen LogP contribution in [0.2, 0.25) is 0 Å². The van der Waals surface area contributed by atoms with Crippen LogP contribution in [0.1, 0.15) is 52.0 Å². The second-order valence-electron chi connectivity index (χ2n) is 5.45. The monoisotopic (exact) mass is 317 g/mol. The van der Waals surface area contributed by atoms with Gasteiger partial charge < -0.3 is 19.6 Å². The van der Waals surface area contributed by atoms with Gasteiger partial charge in [0.2, 0.25) is 0 Å². The number of furan rings is 1. The largest absolute Gasteiger partial charge is 0.495 e. The minimum atomic E-state index is -1.06. The topological polar surface area (TPSA) is 88.8 Å². The molecule has 0 aliphatic carbocycles. The van der Waals surface area contributed by atoms with Gasteiger partial charge in [-0.25, -0.2) is 4.79 Å². The fraction of sp³-hybridized carbons (Fsp3) is 0.294. The smallest absolute Gasteiger partial charge is 0.335 e. The van der Waals surface area contributed by atoms with E-state index in [9.17, 15) is 9.59 Å². The summed E-state index contributed by atoms with van der Waals surface area (Å²) < 4.78 is 10.7. The minimum Gasteiger partial charge on any atom is -0.495 e. The average Bonchev–Trinajstić information content (AvgIpc) is 2.89. The number of ether oxygens (including phenoxy) is 1. The summed E-state index contributed by atoms with van der Waals surface area (Å²) in [6, 6.07) is 5.98. The van der Waals surface area contributed by atoms with E-state index in [1.165, 1.54) is 25.3 Å². The van der Waals surface area contributed by atoms with Crippen LogP contribution in [-0.2, 0) is 0 Å². The molecule has 122 valence electrons. The van der Waals surface area contributed by atoms with Gasteiger partial charge in [0.05, 0.1) is 23.9 Å². The molecule has 0 saturated heterocycles. The third-order valence-corrected chi connectivity index (χ3v) is 3.45. The molecule has 0 saturated carbocycles. The van der Waals surface area contributed by atoms with Crippen LogP contribution in [0.4, 0.5) is 5.69 Å². The second-order valence-corrected chi connectivity index (χ2v) is 5.45. The first-order valence-corrected chi connectivity index (χ1v) is 7.16. The molecule has 0 aliphatic heterocycles. The number of benzene rings is 1. The van der Waals surface area contributed by atoms with E-state index >= 15 is 0 Å². The van der Waals surface area contributed by atoms with Crippen molar-refractivity contribution in [3.63, 3.8) is 0 Å². The Kier molecular flexibility index (Phi) is 4.74. The highest BCUT2D eigenvalue weighted by atomic mass is 16.5. The maximum atomic E-state index is 12.4. The SMILES string of the molecule is COc1cc(C(=O)O)ccc1NC(=O)c1cc(C(C)C)oc1C. The number of hydrogen-bond acceptors (Lipinski definition) is 4. The van der Waals surface area contributed by atoms with E-state index in [1.54, 1.807) is 13.0 Å². The molecule has 2 rings (SSSR count). The Morgan fingerprint density at radius 1 is 1.26 bits per heavy atom. The first-order chi connectivity index (χ1) is 10.8. The predicted molar refractivity (Wildman–Crippen MR) is 85.4 cm³/mol. The predicted octanol–water partition coefficient (Wildman–Crippen LogP) is 3.67. The van der Waals surface area contributed by atoms with Crippen molar-refractivity contribution in [2.45, 2.75) is 26.7 Å². The van der Waals surface area contributed by atoms with Gasteiger partial charge in [-0.05, 0) is 31.2 Å². The zero-order chi connectivity index (χ0) is 17.1. The Labute approximate surface area is 134 Å². The van der Waals surface area contributed by atoms with Crippen LogP contribution in [0.15, 0.2) is 28.7 Å².